The average molecular weight is 261 g/mol. The highest BCUT2D eigenvalue weighted by molar-refractivity contribution is 5.44. The normalized spacial score (nSPS) is 16.6. The predicted octanol–water partition coefficient (Wildman–Crippen LogP) is -1.34. The number of hydrogen-bond acceptors (Lipinski definition) is 5. The lowest BCUT2D eigenvalue weighted by Crippen LogP contribution is -3.12. The van der Waals surface area contributed by atoms with Gasteiger partial charge in [0.05, 0.1) is 18.9 Å². The molecule has 7 heteroatoms. The lowest BCUT2D eigenvalue weighted by Gasteiger charge is -2.22. The first kappa shape index (κ1) is 12.1. The van der Waals surface area contributed by atoms with Crippen molar-refractivity contribution in [3.63, 3.8) is 0 Å². The summed E-state index contributed by atoms with van der Waals surface area (Å²) in [6.07, 6.45) is 0. The quantitative estimate of drug-likeness (QED) is 0.668. The largest absolute Gasteiger partial charge is 0.399 e. The minimum atomic E-state index is 0.733. The number of quaternary nitrogens is 1. The van der Waals surface area contributed by atoms with E-state index >= 15 is 0 Å². The van der Waals surface area contributed by atoms with Gasteiger partial charge in [0.25, 0.3) is 0 Å². The highest BCUT2D eigenvalue weighted by Crippen LogP contribution is 2.10. The van der Waals surface area contributed by atoms with E-state index in [1.807, 2.05) is 24.3 Å². The molecule has 1 aromatic heterocycles. The fraction of sp³-hybridized carbons (Fsp3) is 0.417. The molecular weight excluding hydrogens is 244 g/mol. The molecule has 1 saturated heterocycles. The fourth-order valence-electron chi connectivity index (χ4n) is 2.19. The van der Waals surface area contributed by atoms with Crippen LogP contribution < -0.4 is 10.6 Å². The molecule has 0 atom stereocenters. The molecule has 19 heavy (non-hydrogen) atoms. The Morgan fingerprint density at radius 1 is 1.21 bits per heavy atom. The third-order valence-corrected chi connectivity index (χ3v) is 3.28. The Kier molecular flexibility index (Phi) is 3.39. The maximum Gasteiger partial charge on any atom is 0.210 e. The van der Waals surface area contributed by atoms with Crippen LogP contribution in [0.3, 0.4) is 0 Å². The number of aromatic nitrogens is 4. The number of hydrogen-bond donors (Lipinski definition) is 2. The van der Waals surface area contributed by atoms with Crippen molar-refractivity contribution in [1.29, 1.82) is 0 Å². The second-order valence-corrected chi connectivity index (χ2v) is 4.64. The molecule has 0 aliphatic carbocycles. The second kappa shape index (κ2) is 5.33. The molecule has 3 N–H and O–H groups in total. The van der Waals surface area contributed by atoms with Crippen LogP contribution in [0.25, 0.3) is 5.69 Å². The van der Waals surface area contributed by atoms with Crippen molar-refractivity contribution in [2.24, 2.45) is 0 Å². The van der Waals surface area contributed by atoms with Crippen molar-refractivity contribution >= 4 is 5.69 Å². The third-order valence-electron chi connectivity index (χ3n) is 3.28. The first-order valence-electron chi connectivity index (χ1n) is 6.37. The molecule has 1 aliphatic heterocycles. The zero-order valence-corrected chi connectivity index (χ0v) is 10.6. The van der Waals surface area contributed by atoms with Gasteiger partial charge in [-0.05, 0) is 34.7 Å². The number of nitrogens with two attached hydrogens (primary N) is 1. The SMILES string of the molecule is Nc1ccc(-n2nnnc2C[NH+]2CCOCC2)cc1. The van der Waals surface area contributed by atoms with Crippen molar-refractivity contribution in [3.05, 3.63) is 30.1 Å². The van der Waals surface area contributed by atoms with Gasteiger partial charge in [-0.25, -0.2) is 0 Å². The minimum absolute atomic E-state index is 0.733. The molecule has 1 fully saturated rings. The summed E-state index contributed by atoms with van der Waals surface area (Å²) < 4.78 is 7.12. The zero-order chi connectivity index (χ0) is 13.1. The molecule has 0 bridgehead atoms. The summed E-state index contributed by atoms with van der Waals surface area (Å²) in [5.41, 5.74) is 7.35. The number of nitrogens with zero attached hydrogens (tertiary/aromatic N) is 4. The number of anilines is 1. The van der Waals surface area contributed by atoms with Crippen LogP contribution in [0.2, 0.25) is 0 Å². The molecular formula is C12H17N6O+. The van der Waals surface area contributed by atoms with Gasteiger partial charge < -0.3 is 15.4 Å². The Morgan fingerprint density at radius 2 is 1.95 bits per heavy atom. The van der Waals surface area contributed by atoms with E-state index < -0.39 is 0 Å². The van der Waals surface area contributed by atoms with Gasteiger partial charge in [0, 0.05) is 5.69 Å². The number of ether oxygens (including phenoxy) is 1. The molecule has 1 aromatic carbocycles. The van der Waals surface area contributed by atoms with Crippen LogP contribution >= 0.6 is 0 Å². The number of morpholine rings is 1. The maximum atomic E-state index is 5.69. The molecule has 0 amide bonds. The lowest BCUT2D eigenvalue weighted by molar-refractivity contribution is -0.922. The standard InChI is InChI=1S/C12H16N6O/c13-10-1-3-11(4-2-10)18-12(14-15-16-18)9-17-5-7-19-8-6-17/h1-4H,5-9,13H2/p+1. The first-order valence-corrected chi connectivity index (χ1v) is 6.37. The van der Waals surface area contributed by atoms with E-state index in [0.29, 0.717) is 0 Å². The number of benzene rings is 1. The molecule has 2 heterocycles. The van der Waals surface area contributed by atoms with E-state index in [1.165, 1.54) is 4.90 Å². The van der Waals surface area contributed by atoms with Crippen molar-refractivity contribution < 1.29 is 9.64 Å². The van der Waals surface area contributed by atoms with Gasteiger partial charge in [-0.3, -0.25) is 0 Å². The van der Waals surface area contributed by atoms with Gasteiger partial charge in [-0.2, -0.15) is 4.68 Å². The average Bonchev–Trinajstić information content (AvgIpc) is 2.89. The first-order chi connectivity index (χ1) is 9.33. The van der Waals surface area contributed by atoms with E-state index in [4.69, 9.17) is 10.5 Å². The van der Waals surface area contributed by atoms with Gasteiger partial charge in [0.15, 0.2) is 0 Å². The molecule has 0 spiro atoms. The Balaban J connectivity index is 1.79. The Morgan fingerprint density at radius 3 is 2.68 bits per heavy atom. The van der Waals surface area contributed by atoms with Gasteiger partial charge in [-0.1, -0.05) is 0 Å². The van der Waals surface area contributed by atoms with Gasteiger partial charge in [-0.15, -0.1) is 5.10 Å². The van der Waals surface area contributed by atoms with Crippen LogP contribution in [-0.2, 0) is 11.3 Å². The molecule has 0 saturated carbocycles. The Bertz CT molecular complexity index is 531. The highest BCUT2D eigenvalue weighted by atomic mass is 16.5. The molecule has 7 nitrogen and oxygen atoms in total. The van der Waals surface area contributed by atoms with Crippen molar-refractivity contribution in [1.82, 2.24) is 20.2 Å². The van der Waals surface area contributed by atoms with Crippen LogP contribution in [-0.4, -0.2) is 46.5 Å². The number of nitrogens with one attached hydrogen (secondary N) is 1. The number of rotatable bonds is 3. The van der Waals surface area contributed by atoms with Crippen LogP contribution in [0.4, 0.5) is 5.69 Å². The molecule has 2 aromatic rings. The van der Waals surface area contributed by atoms with Gasteiger partial charge in [0.2, 0.25) is 5.82 Å². The molecule has 3 rings (SSSR count). The molecule has 0 unspecified atom stereocenters. The summed E-state index contributed by atoms with van der Waals surface area (Å²) in [5, 5.41) is 11.9. The Hall–Kier alpha value is -1.99. The van der Waals surface area contributed by atoms with Crippen LogP contribution in [0, 0.1) is 0 Å². The minimum Gasteiger partial charge on any atom is -0.399 e. The third kappa shape index (κ3) is 2.72. The van der Waals surface area contributed by atoms with Gasteiger partial charge >= 0.3 is 0 Å². The zero-order valence-electron chi connectivity index (χ0n) is 10.6. The Labute approximate surface area is 111 Å². The summed E-state index contributed by atoms with van der Waals surface area (Å²) in [5.74, 6) is 0.863. The van der Waals surface area contributed by atoms with E-state index in [2.05, 4.69) is 15.5 Å². The van der Waals surface area contributed by atoms with Crippen LogP contribution in [0.5, 0.6) is 0 Å². The molecule has 100 valence electrons. The highest BCUT2D eigenvalue weighted by Gasteiger charge is 2.18. The van der Waals surface area contributed by atoms with E-state index in [1.54, 1.807) is 4.68 Å². The topological polar surface area (TPSA) is 83.3 Å². The predicted molar refractivity (Wildman–Crippen MR) is 68.8 cm³/mol. The fourth-order valence-corrected chi connectivity index (χ4v) is 2.19. The summed E-state index contributed by atoms with van der Waals surface area (Å²) in [4.78, 5) is 1.44. The summed E-state index contributed by atoms with van der Waals surface area (Å²) in [7, 11) is 0. The second-order valence-electron chi connectivity index (χ2n) is 4.64. The smallest absolute Gasteiger partial charge is 0.210 e. The number of tetrazole rings is 1. The van der Waals surface area contributed by atoms with E-state index in [9.17, 15) is 0 Å². The summed E-state index contributed by atoms with van der Waals surface area (Å²) in [6.45, 7) is 4.40. The maximum absolute atomic E-state index is 5.69. The summed E-state index contributed by atoms with van der Waals surface area (Å²) >= 11 is 0. The van der Waals surface area contributed by atoms with E-state index in [0.717, 1.165) is 50.0 Å². The van der Waals surface area contributed by atoms with Crippen molar-refractivity contribution in [2.75, 3.05) is 32.0 Å². The lowest BCUT2D eigenvalue weighted by atomic mass is 10.3. The molecule has 0 radical (unpaired) electrons. The van der Waals surface area contributed by atoms with Crippen LogP contribution in [0.15, 0.2) is 24.3 Å². The summed E-state index contributed by atoms with van der Waals surface area (Å²) in [6, 6.07) is 7.54. The number of nitrogen functional groups attached to an aromatic ring is 1. The van der Waals surface area contributed by atoms with Crippen molar-refractivity contribution in [2.45, 2.75) is 6.54 Å². The van der Waals surface area contributed by atoms with Crippen LogP contribution in [0.1, 0.15) is 5.82 Å². The van der Waals surface area contributed by atoms with E-state index in [-0.39, 0.29) is 0 Å². The molecule has 1 aliphatic rings. The monoisotopic (exact) mass is 261 g/mol. The van der Waals surface area contributed by atoms with Crippen molar-refractivity contribution in [3.8, 4) is 5.69 Å². The van der Waals surface area contributed by atoms with Gasteiger partial charge in [0.1, 0.15) is 19.6 Å².